The molecule has 5 heteroatoms. The molecule has 3 fully saturated rings. The summed E-state index contributed by atoms with van der Waals surface area (Å²) in [7, 11) is 0. The van der Waals surface area contributed by atoms with E-state index in [9.17, 15) is 0 Å². The number of rotatable bonds is 2. The predicted molar refractivity (Wildman–Crippen MR) is 85.8 cm³/mol. The summed E-state index contributed by atoms with van der Waals surface area (Å²) in [6.45, 7) is 12.0. The van der Waals surface area contributed by atoms with Crippen molar-refractivity contribution in [3.05, 3.63) is 0 Å². The van der Waals surface area contributed by atoms with Crippen LogP contribution in [0.2, 0.25) is 0 Å². The molecule has 3 aliphatic rings. The predicted octanol–water partition coefficient (Wildman–Crippen LogP) is 3.22. The molecule has 0 bridgehead atoms. The van der Waals surface area contributed by atoms with Crippen LogP contribution in [0, 0.1) is 11.8 Å². The van der Waals surface area contributed by atoms with Crippen LogP contribution in [-0.2, 0) is 23.7 Å². The van der Waals surface area contributed by atoms with Gasteiger partial charge in [-0.2, -0.15) is 0 Å². The Balaban J connectivity index is 0.000000166. The summed E-state index contributed by atoms with van der Waals surface area (Å²) in [6.07, 6.45) is 5.36. The van der Waals surface area contributed by atoms with E-state index in [1.165, 1.54) is 19.3 Å². The lowest BCUT2D eigenvalue weighted by molar-refractivity contribution is -0.121. The zero-order chi connectivity index (χ0) is 16.0. The number of ether oxygens (including phenoxy) is 5. The van der Waals surface area contributed by atoms with Crippen molar-refractivity contribution < 1.29 is 23.7 Å². The van der Waals surface area contributed by atoms with E-state index >= 15 is 0 Å². The lowest BCUT2D eigenvalue weighted by Gasteiger charge is -2.19. The van der Waals surface area contributed by atoms with Crippen LogP contribution in [0.3, 0.4) is 0 Å². The Morgan fingerprint density at radius 3 is 1.73 bits per heavy atom. The zero-order valence-corrected chi connectivity index (χ0v) is 14.6. The SMILES string of the molecule is CC1COCOC1.CCC1CCOCC1.CCC1COCO1. The molecule has 3 aliphatic heterocycles. The fourth-order valence-electron chi connectivity index (χ4n) is 2.37. The first-order chi connectivity index (χ1) is 10.8. The van der Waals surface area contributed by atoms with Crippen molar-refractivity contribution in [3.63, 3.8) is 0 Å². The van der Waals surface area contributed by atoms with Crippen LogP contribution >= 0.6 is 0 Å². The second kappa shape index (κ2) is 13.3. The molecule has 0 aromatic rings. The van der Waals surface area contributed by atoms with Gasteiger partial charge in [-0.3, -0.25) is 0 Å². The Morgan fingerprint density at radius 2 is 1.41 bits per heavy atom. The molecular formula is C17H34O5. The molecule has 0 aromatic carbocycles. The maximum absolute atomic E-state index is 5.20. The van der Waals surface area contributed by atoms with Crippen molar-refractivity contribution in [2.75, 3.05) is 46.6 Å². The first-order valence-electron chi connectivity index (χ1n) is 8.68. The topological polar surface area (TPSA) is 46.2 Å². The Hall–Kier alpha value is -0.200. The highest BCUT2D eigenvalue weighted by Crippen LogP contribution is 2.16. The Labute approximate surface area is 135 Å². The van der Waals surface area contributed by atoms with Gasteiger partial charge in [0.05, 0.1) is 25.9 Å². The Bertz CT molecular complexity index is 231. The highest BCUT2D eigenvalue weighted by Gasteiger charge is 2.12. The van der Waals surface area contributed by atoms with Crippen LogP contribution in [0.15, 0.2) is 0 Å². The van der Waals surface area contributed by atoms with Gasteiger partial charge >= 0.3 is 0 Å². The average Bonchev–Trinajstić information content (AvgIpc) is 3.11. The Kier molecular flexibility index (Phi) is 12.0. The van der Waals surface area contributed by atoms with Gasteiger partial charge in [0, 0.05) is 19.1 Å². The normalized spacial score (nSPS) is 26.6. The molecule has 132 valence electrons. The van der Waals surface area contributed by atoms with E-state index in [1.54, 1.807) is 0 Å². The molecule has 0 radical (unpaired) electrons. The van der Waals surface area contributed by atoms with E-state index in [1.807, 2.05) is 0 Å². The third kappa shape index (κ3) is 9.74. The fraction of sp³-hybridized carbons (Fsp3) is 1.00. The molecule has 3 saturated heterocycles. The van der Waals surface area contributed by atoms with Gasteiger partial charge in [0.25, 0.3) is 0 Å². The van der Waals surface area contributed by atoms with E-state index in [0.29, 0.717) is 25.6 Å². The van der Waals surface area contributed by atoms with Gasteiger partial charge in [0.1, 0.15) is 13.6 Å². The lowest BCUT2D eigenvalue weighted by Crippen LogP contribution is -2.20. The van der Waals surface area contributed by atoms with Crippen molar-refractivity contribution in [2.24, 2.45) is 11.8 Å². The number of hydrogen-bond donors (Lipinski definition) is 0. The highest BCUT2D eigenvalue weighted by molar-refractivity contribution is 4.60. The van der Waals surface area contributed by atoms with Crippen molar-refractivity contribution >= 4 is 0 Å². The quantitative estimate of drug-likeness (QED) is 0.782. The molecule has 0 spiro atoms. The molecule has 5 nitrogen and oxygen atoms in total. The monoisotopic (exact) mass is 318 g/mol. The van der Waals surface area contributed by atoms with Crippen molar-refractivity contribution in [1.82, 2.24) is 0 Å². The van der Waals surface area contributed by atoms with Gasteiger partial charge in [-0.25, -0.2) is 0 Å². The van der Waals surface area contributed by atoms with Gasteiger partial charge in [-0.15, -0.1) is 0 Å². The summed E-state index contributed by atoms with van der Waals surface area (Å²) in [4.78, 5) is 0. The van der Waals surface area contributed by atoms with E-state index in [0.717, 1.165) is 45.4 Å². The fourth-order valence-corrected chi connectivity index (χ4v) is 2.37. The van der Waals surface area contributed by atoms with Gasteiger partial charge in [0.15, 0.2) is 0 Å². The standard InChI is InChI=1S/C7H14O.2C5H10O2/c1-2-7-3-5-8-6-4-7;1-5-2-6-4-7-3-5;1-2-5-3-6-4-7-5/h7H,2-6H2,1H3;2*5H,2-4H2,1H3. The molecule has 0 N–H and O–H groups in total. The zero-order valence-electron chi connectivity index (χ0n) is 14.6. The third-order valence-corrected chi connectivity index (χ3v) is 4.04. The van der Waals surface area contributed by atoms with Crippen molar-refractivity contribution in [3.8, 4) is 0 Å². The third-order valence-electron chi connectivity index (χ3n) is 4.04. The molecule has 3 heterocycles. The van der Waals surface area contributed by atoms with E-state index in [-0.39, 0.29) is 0 Å². The first-order valence-corrected chi connectivity index (χ1v) is 8.68. The molecule has 0 saturated carbocycles. The molecule has 3 rings (SSSR count). The van der Waals surface area contributed by atoms with Crippen LogP contribution in [0.1, 0.15) is 46.5 Å². The summed E-state index contributed by atoms with van der Waals surface area (Å²) in [6, 6.07) is 0. The van der Waals surface area contributed by atoms with Crippen LogP contribution in [0.25, 0.3) is 0 Å². The molecule has 0 amide bonds. The largest absolute Gasteiger partial charge is 0.381 e. The minimum Gasteiger partial charge on any atom is -0.381 e. The van der Waals surface area contributed by atoms with Crippen molar-refractivity contribution in [2.45, 2.75) is 52.6 Å². The smallest absolute Gasteiger partial charge is 0.147 e. The second-order valence-electron chi connectivity index (χ2n) is 6.11. The van der Waals surface area contributed by atoms with Crippen LogP contribution < -0.4 is 0 Å². The van der Waals surface area contributed by atoms with Gasteiger partial charge < -0.3 is 23.7 Å². The highest BCUT2D eigenvalue weighted by atomic mass is 16.7. The minimum absolute atomic E-state index is 0.375. The van der Waals surface area contributed by atoms with E-state index in [2.05, 4.69) is 20.8 Å². The van der Waals surface area contributed by atoms with E-state index in [4.69, 9.17) is 23.7 Å². The average molecular weight is 318 g/mol. The van der Waals surface area contributed by atoms with Gasteiger partial charge in [-0.1, -0.05) is 27.2 Å². The molecule has 22 heavy (non-hydrogen) atoms. The lowest BCUT2D eigenvalue weighted by atomic mass is 9.98. The maximum Gasteiger partial charge on any atom is 0.147 e. The van der Waals surface area contributed by atoms with Crippen LogP contribution in [0.5, 0.6) is 0 Å². The molecular weight excluding hydrogens is 284 g/mol. The Morgan fingerprint density at radius 1 is 0.773 bits per heavy atom. The number of hydrogen-bond acceptors (Lipinski definition) is 5. The van der Waals surface area contributed by atoms with Crippen LogP contribution in [-0.4, -0.2) is 52.7 Å². The second-order valence-corrected chi connectivity index (χ2v) is 6.11. The summed E-state index contributed by atoms with van der Waals surface area (Å²) in [5.41, 5.74) is 0. The minimum atomic E-state index is 0.375. The first kappa shape index (κ1) is 19.8. The van der Waals surface area contributed by atoms with Crippen molar-refractivity contribution in [1.29, 1.82) is 0 Å². The summed E-state index contributed by atoms with van der Waals surface area (Å²) < 4.78 is 25.1. The molecule has 0 aliphatic carbocycles. The summed E-state index contributed by atoms with van der Waals surface area (Å²) >= 11 is 0. The molecule has 1 unspecified atom stereocenters. The van der Waals surface area contributed by atoms with Gasteiger partial charge in [0.2, 0.25) is 0 Å². The van der Waals surface area contributed by atoms with Crippen LogP contribution in [0.4, 0.5) is 0 Å². The molecule has 0 aromatic heterocycles. The summed E-state index contributed by atoms with van der Waals surface area (Å²) in [5.74, 6) is 1.55. The maximum atomic E-state index is 5.20. The van der Waals surface area contributed by atoms with E-state index < -0.39 is 0 Å². The summed E-state index contributed by atoms with van der Waals surface area (Å²) in [5, 5.41) is 0. The van der Waals surface area contributed by atoms with Gasteiger partial charge in [-0.05, 0) is 25.2 Å². The molecule has 1 atom stereocenters.